The number of nitrogens with zero attached hydrogens (tertiary/aromatic N) is 5. The number of halogens is 3. The Labute approximate surface area is 170 Å². The minimum absolute atomic E-state index is 0.459. The van der Waals surface area contributed by atoms with Crippen LogP contribution in [0.3, 0.4) is 0 Å². The fourth-order valence-corrected chi connectivity index (χ4v) is 2.36. The van der Waals surface area contributed by atoms with Gasteiger partial charge in [0.15, 0.2) is 10.9 Å². The van der Waals surface area contributed by atoms with E-state index in [1.54, 1.807) is 11.1 Å². The van der Waals surface area contributed by atoms with Gasteiger partial charge in [0.25, 0.3) is 0 Å². The van der Waals surface area contributed by atoms with Crippen molar-refractivity contribution in [2.45, 2.75) is 6.18 Å². The van der Waals surface area contributed by atoms with E-state index in [4.69, 9.17) is 12.2 Å². The van der Waals surface area contributed by atoms with Crippen molar-refractivity contribution in [3.05, 3.63) is 66.0 Å². The molecule has 1 N–H and O–H groups in total. The maximum absolute atomic E-state index is 12.7. The third-order valence-corrected chi connectivity index (χ3v) is 4.36. The lowest BCUT2D eigenvalue weighted by Gasteiger charge is -2.11. The third-order valence-electron chi connectivity index (χ3n) is 3.90. The molecule has 0 unspecified atom stereocenters. The first kappa shape index (κ1) is 20.5. The lowest BCUT2D eigenvalue weighted by Crippen LogP contribution is -2.30. The first-order chi connectivity index (χ1) is 13.7. The molecule has 150 valence electrons. The van der Waals surface area contributed by atoms with Crippen molar-refractivity contribution in [1.82, 2.24) is 25.1 Å². The molecule has 3 aromatic rings. The van der Waals surface area contributed by atoms with Gasteiger partial charge in [-0.1, -0.05) is 24.3 Å². The molecule has 0 spiro atoms. The molecule has 0 fully saturated rings. The van der Waals surface area contributed by atoms with Crippen LogP contribution >= 0.6 is 12.2 Å². The zero-order chi connectivity index (χ0) is 21.0. The summed E-state index contributed by atoms with van der Waals surface area (Å²) in [6.45, 7) is 0. The zero-order valence-corrected chi connectivity index (χ0v) is 16.4. The molecule has 0 saturated carbocycles. The number of aromatic nitrogens is 3. The van der Waals surface area contributed by atoms with E-state index in [0.717, 1.165) is 23.3 Å². The second-order valence-electron chi connectivity index (χ2n) is 6.25. The molecular formula is C19H17F3N6S. The van der Waals surface area contributed by atoms with Crippen LogP contribution in [0, 0.1) is 0 Å². The molecule has 0 aliphatic carbocycles. The second-order valence-corrected chi connectivity index (χ2v) is 6.64. The lowest BCUT2D eigenvalue weighted by atomic mass is 10.1. The van der Waals surface area contributed by atoms with E-state index in [1.807, 2.05) is 38.4 Å². The van der Waals surface area contributed by atoms with Crippen molar-refractivity contribution in [2.75, 3.05) is 14.1 Å². The van der Waals surface area contributed by atoms with Crippen LogP contribution in [0.15, 0.2) is 60.0 Å². The van der Waals surface area contributed by atoms with Gasteiger partial charge in [-0.15, -0.1) is 5.10 Å². The van der Waals surface area contributed by atoms with Crippen molar-refractivity contribution in [1.29, 1.82) is 0 Å². The molecule has 2 aromatic carbocycles. The summed E-state index contributed by atoms with van der Waals surface area (Å²) in [5.74, 6) is 0.459. The highest BCUT2D eigenvalue weighted by Gasteiger charge is 2.30. The highest BCUT2D eigenvalue weighted by atomic mass is 32.1. The Bertz CT molecular complexity index is 1010. The van der Waals surface area contributed by atoms with E-state index in [0.29, 0.717) is 16.6 Å². The van der Waals surface area contributed by atoms with E-state index in [-0.39, 0.29) is 0 Å². The number of rotatable bonds is 4. The highest BCUT2D eigenvalue weighted by Crippen LogP contribution is 2.29. The van der Waals surface area contributed by atoms with Gasteiger partial charge in [-0.3, -0.25) is 5.43 Å². The van der Waals surface area contributed by atoms with Gasteiger partial charge >= 0.3 is 6.18 Å². The van der Waals surface area contributed by atoms with Crippen LogP contribution in [0.25, 0.3) is 17.1 Å². The summed E-state index contributed by atoms with van der Waals surface area (Å²) >= 11 is 5.07. The van der Waals surface area contributed by atoms with E-state index in [2.05, 4.69) is 20.6 Å². The second kappa shape index (κ2) is 8.39. The maximum Gasteiger partial charge on any atom is 0.416 e. The average Bonchev–Trinajstić information content (AvgIpc) is 3.18. The summed E-state index contributed by atoms with van der Waals surface area (Å²) in [5, 5.41) is 8.89. The van der Waals surface area contributed by atoms with Crippen molar-refractivity contribution in [3.8, 4) is 17.1 Å². The van der Waals surface area contributed by atoms with Gasteiger partial charge < -0.3 is 4.90 Å². The highest BCUT2D eigenvalue weighted by molar-refractivity contribution is 7.80. The fourth-order valence-electron chi connectivity index (χ4n) is 2.30. The van der Waals surface area contributed by atoms with Crippen LogP contribution in [0.1, 0.15) is 11.1 Å². The van der Waals surface area contributed by atoms with Crippen LogP contribution in [0.4, 0.5) is 13.2 Å². The number of hydrogen-bond donors (Lipinski definition) is 1. The summed E-state index contributed by atoms with van der Waals surface area (Å²) in [7, 11) is 3.63. The normalized spacial score (nSPS) is 11.6. The van der Waals surface area contributed by atoms with Gasteiger partial charge in [0.2, 0.25) is 0 Å². The topological polar surface area (TPSA) is 58.3 Å². The first-order valence-electron chi connectivity index (χ1n) is 8.44. The molecule has 0 bridgehead atoms. The standard InChI is InChI=1S/C19H17F3N6S/c1-27(2)18(29)25-24-11-13-3-5-14(6-4-13)17-23-12-28(26-17)16-9-7-15(8-10-16)19(20,21)22/h3-12H,1-2H3,(H,25,29). The van der Waals surface area contributed by atoms with Crippen LogP contribution < -0.4 is 5.43 Å². The number of hydrazone groups is 1. The minimum Gasteiger partial charge on any atom is -0.354 e. The van der Waals surface area contributed by atoms with Crippen molar-refractivity contribution in [3.63, 3.8) is 0 Å². The Morgan fingerprint density at radius 3 is 2.34 bits per heavy atom. The van der Waals surface area contributed by atoms with Crippen LogP contribution in [0.2, 0.25) is 0 Å². The van der Waals surface area contributed by atoms with Gasteiger partial charge in [-0.25, -0.2) is 9.67 Å². The predicted octanol–water partition coefficient (Wildman–Crippen LogP) is 3.72. The van der Waals surface area contributed by atoms with Gasteiger partial charge in [0, 0.05) is 19.7 Å². The van der Waals surface area contributed by atoms with Crippen LogP contribution in [0.5, 0.6) is 0 Å². The molecule has 0 atom stereocenters. The van der Waals surface area contributed by atoms with E-state index < -0.39 is 11.7 Å². The number of thiocarbonyl (C=S) groups is 1. The molecule has 29 heavy (non-hydrogen) atoms. The molecule has 10 heteroatoms. The molecule has 1 aromatic heterocycles. The summed E-state index contributed by atoms with van der Waals surface area (Å²) in [4.78, 5) is 5.96. The summed E-state index contributed by atoms with van der Waals surface area (Å²) in [6.07, 6.45) is -1.28. The third kappa shape index (κ3) is 5.17. The summed E-state index contributed by atoms with van der Waals surface area (Å²) in [5.41, 5.74) is 4.14. The number of hydrogen-bond acceptors (Lipinski definition) is 4. The molecule has 0 radical (unpaired) electrons. The molecule has 3 rings (SSSR count). The average molecular weight is 418 g/mol. The minimum atomic E-state index is -4.37. The Kier molecular flexibility index (Phi) is 5.92. The Morgan fingerprint density at radius 2 is 1.76 bits per heavy atom. The first-order valence-corrected chi connectivity index (χ1v) is 8.85. The number of nitrogens with one attached hydrogen (secondary N) is 1. The SMILES string of the molecule is CN(C)C(=S)NN=Cc1ccc(-c2ncn(-c3ccc(C(F)(F)F)cc3)n2)cc1. The molecule has 0 aliphatic heterocycles. The van der Waals surface area contributed by atoms with Crippen molar-refractivity contribution in [2.24, 2.45) is 5.10 Å². The Balaban J connectivity index is 1.70. The van der Waals surface area contributed by atoms with E-state index in [9.17, 15) is 13.2 Å². The summed E-state index contributed by atoms with van der Waals surface area (Å²) in [6, 6.07) is 12.1. The maximum atomic E-state index is 12.7. The number of benzene rings is 2. The predicted molar refractivity (Wildman–Crippen MR) is 109 cm³/mol. The monoisotopic (exact) mass is 418 g/mol. The number of alkyl halides is 3. The quantitative estimate of drug-likeness (QED) is 0.398. The van der Waals surface area contributed by atoms with Crippen LogP contribution in [-0.4, -0.2) is 45.1 Å². The zero-order valence-electron chi connectivity index (χ0n) is 15.6. The fraction of sp³-hybridized carbons (Fsp3) is 0.158. The Morgan fingerprint density at radius 1 is 1.10 bits per heavy atom. The molecule has 0 aliphatic rings. The van der Waals surface area contributed by atoms with Crippen LogP contribution in [-0.2, 0) is 6.18 Å². The van der Waals surface area contributed by atoms with Gasteiger partial charge in [0.05, 0.1) is 17.5 Å². The summed E-state index contributed by atoms with van der Waals surface area (Å²) < 4.78 is 39.5. The van der Waals surface area contributed by atoms with E-state index >= 15 is 0 Å². The molecule has 0 amide bonds. The molecule has 6 nitrogen and oxygen atoms in total. The molecule has 0 saturated heterocycles. The Hall–Kier alpha value is -3.27. The largest absolute Gasteiger partial charge is 0.416 e. The van der Waals surface area contributed by atoms with Gasteiger partial charge in [-0.2, -0.15) is 18.3 Å². The smallest absolute Gasteiger partial charge is 0.354 e. The lowest BCUT2D eigenvalue weighted by molar-refractivity contribution is -0.137. The van der Waals surface area contributed by atoms with Crippen molar-refractivity contribution < 1.29 is 13.2 Å². The van der Waals surface area contributed by atoms with Gasteiger partial charge in [-0.05, 0) is 42.0 Å². The van der Waals surface area contributed by atoms with Gasteiger partial charge in [0.1, 0.15) is 6.33 Å². The molecular weight excluding hydrogens is 401 g/mol. The van der Waals surface area contributed by atoms with Crippen molar-refractivity contribution >= 4 is 23.5 Å². The van der Waals surface area contributed by atoms with E-state index in [1.165, 1.54) is 23.1 Å². The molecule has 1 heterocycles.